The molecule has 4 heteroatoms. The molecule has 1 unspecified atom stereocenters. The van der Waals surface area contributed by atoms with Gasteiger partial charge in [-0.25, -0.2) is 0 Å². The van der Waals surface area contributed by atoms with Crippen LogP contribution in [0.3, 0.4) is 0 Å². The fourth-order valence-electron chi connectivity index (χ4n) is 1.90. The predicted molar refractivity (Wildman–Crippen MR) is 50.2 cm³/mol. The summed E-state index contributed by atoms with van der Waals surface area (Å²) in [5, 5.41) is 10.6. The zero-order valence-corrected chi connectivity index (χ0v) is 8.03. The van der Waals surface area contributed by atoms with E-state index in [1.54, 1.807) is 0 Å². The number of likely N-dealkylation sites (tertiary alicyclic amines) is 1. The first kappa shape index (κ1) is 8.69. The zero-order valence-electron chi connectivity index (χ0n) is 8.03. The second-order valence-corrected chi connectivity index (χ2v) is 3.67. The maximum absolute atomic E-state index is 4.11. The van der Waals surface area contributed by atoms with E-state index in [4.69, 9.17) is 0 Å². The number of nitrogens with zero attached hydrogens (tertiary/aromatic N) is 3. The molecule has 0 aromatic carbocycles. The number of hydrogen-bond donors (Lipinski definition) is 1. The normalized spacial score (nSPS) is 21.6. The van der Waals surface area contributed by atoms with Crippen LogP contribution in [-0.4, -0.2) is 33.4 Å². The van der Waals surface area contributed by atoms with Gasteiger partial charge in [0.05, 0.1) is 17.9 Å². The number of rotatable bonds is 2. The summed E-state index contributed by atoms with van der Waals surface area (Å²) in [7, 11) is 0. The van der Waals surface area contributed by atoms with E-state index in [9.17, 15) is 0 Å². The van der Waals surface area contributed by atoms with Crippen LogP contribution in [-0.2, 0) is 0 Å². The number of hydrogen-bond acceptors (Lipinski definition) is 3. The Kier molecular flexibility index (Phi) is 2.59. The van der Waals surface area contributed by atoms with Crippen LogP contribution in [0.15, 0.2) is 6.20 Å². The molecule has 1 aromatic heterocycles. The largest absolute Gasteiger partial charge is 0.295 e. The Labute approximate surface area is 78.3 Å². The molecule has 2 rings (SSSR count). The van der Waals surface area contributed by atoms with E-state index in [0.717, 1.165) is 5.69 Å². The van der Waals surface area contributed by atoms with Crippen LogP contribution in [0.2, 0.25) is 0 Å². The fourth-order valence-corrected chi connectivity index (χ4v) is 1.90. The molecular weight excluding hydrogens is 164 g/mol. The van der Waals surface area contributed by atoms with E-state index < -0.39 is 0 Å². The molecule has 1 atom stereocenters. The summed E-state index contributed by atoms with van der Waals surface area (Å²) < 4.78 is 0. The van der Waals surface area contributed by atoms with Crippen molar-refractivity contribution in [2.24, 2.45) is 0 Å². The van der Waals surface area contributed by atoms with Crippen molar-refractivity contribution in [2.75, 3.05) is 13.1 Å². The van der Waals surface area contributed by atoms with Gasteiger partial charge in [0.2, 0.25) is 0 Å². The molecule has 0 amide bonds. The van der Waals surface area contributed by atoms with Crippen molar-refractivity contribution in [3.05, 3.63) is 11.9 Å². The lowest BCUT2D eigenvalue weighted by molar-refractivity contribution is 0.172. The number of H-pyrrole nitrogens is 1. The maximum atomic E-state index is 4.11. The van der Waals surface area contributed by atoms with Crippen molar-refractivity contribution in [3.63, 3.8) is 0 Å². The summed E-state index contributed by atoms with van der Waals surface area (Å²) in [6.45, 7) is 4.60. The molecular formula is C9H16N4. The lowest BCUT2D eigenvalue weighted by Gasteiger charge is -2.30. The summed E-state index contributed by atoms with van der Waals surface area (Å²) >= 11 is 0. The Hall–Kier alpha value is -0.900. The van der Waals surface area contributed by atoms with Crippen LogP contribution in [0.25, 0.3) is 0 Å². The quantitative estimate of drug-likeness (QED) is 0.747. The number of aromatic amines is 1. The third-order valence-electron chi connectivity index (χ3n) is 2.80. The minimum atomic E-state index is 0.416. The van der Waals surface area contributed by atoms with Gasteiger partial charge >= 0.3 is 0 Å². The van der Waals surface area contributed by atoms with Gasteiger partial charge in [-0.3, -0.25) is 4.90 Å². The molecule has 1 fully saturated rings. The Morgan fingerprint density at radius 3 is 2.77 bits per heavy atom. The third-order valence-corrected chi connectivity index (χ3v) is 2.80. The van der Waals surface area contributed by atoms with Gasteiger partial charge in [0, 0.05) is 0 Å². The summed E-state index contributed by atoms with van der Waals surface area (Å²) in [6, 6.07) is 0.416. The Balaban J connectivity index is 1.99. The van der Waals surface area contributed by atoms with Crippen molar-refractivity contribution < 1.29 is 0 Å². The molecule has 0 saturated carbocycles. The molecule has 4 nitrogen and oxygen atoms in total. The van der Waals surface area contributed by atoms with Crippen LogP contribution in [0.5, 0.6) is 0 Å². The van der Waals surface area contributed by atoms with Gasteiger partial charge in [-0.05, 0) is 32.9 Å². The highest BCUT2D eigenvalue weighted by atomic mass is 15.3. The molecule has 0 spiro atoms. The Morgan fingerprint density at radius 1 is 1.38 bits per heavy atom. The first-order valence-electron chi connectivity index (χ1n) is 4.97. The summed E-state index contributed by atoms with van der Waals surface area (Å²) in [5.74, 6) is 0. The second kappa shape index (κ2) is 3.87. The minimum Gasteiger partial charge on any atom is -0.295 e. The van der Waals surface area contributed by atoms with Crippen molar-refractivity contribution in [3.8, 4) is 0 Å². The van der Waals surface area contributed by atoms with Gasteiger partial charge < -0.3 is 0 Å². The number of piperidine rings is 1. The van der Waals surface area contributed by atoms with E-state index in [1.807, 2.05) is 6.20 Å². The molecule has 1 N–H and O–H groups in total. The molecule has 72 valence electrons. The fraction of sp³-hybridized carbons (Fsp3) is 0.778. The van der Waals surface area contributed by atoms with Gasteiger partial charge in [-0.2, -0.15) is 15.4 Å². The third kappa shape index (κ3) is 1.88. The van der Waals surface area contributed by atoms with Gasteiger partial charge in [-0.1, -0.05) is 6.42 Å². The van der Waals surface area contributed by atoms with Crippen molar-refractivity contribution in [1.29, 1.82) is 0 Å². The SMILES string of the molecule is CC(c1cn[nH]n1)N1CCCCC1. The average Bonchev–Trinajstić information content (AvgIpc) is 2.71. The van der Waals surface area contributed by atoms with Crippen LogP contribution in [0.1, 0.15) is 37.9 Å². The van der Waals surface area contributed by atoms with E-state index >= 15 is 0 Å². The first-order valence-corrected chi connectivity index (χ1v) is 4.97. The van der Waals surface area contributed by atoms with Crippen molar-refractivity contribution >= 4 is 0 Å². The topological polar surface area (TPSA) is 44.8 Å². The monoisotopic (exact) mass is 180 g/mol. The maximum Gasteiger partial charge on any atom is 0.0993 e. The van der Waals surface area contributed by atoms with Gasteiger partial charge in [0.25, 0.3) is 0 Å². The Bertz CT molecular complexity index is 238. The number of aromatic nitrogens is 3. The van der Waals surface area contributed by atoms with Crippen LogP contribution < -0.4 is 0 Å². The van der Waals surface area contributed by atoms with E-state index in [2.05, 4.69) is 27.2 Å². The van der Waals surface area contributed by atoms with Gasteiger partial charge in [0.1, 0.15) is 0 Å². The lowest BCUT2D eigenvalue weighted by atomic mass is 10.1. The smallest absolute Gasteiger partial charge is 0.0993 e. The molecule has 1 saturated heterocycles. The molecule has 1 aliphatic rings. The molecule has 0 bridgehead atoms. The highest BCUT2D eigenvalue weighted by Crippen LogP contribution is 2.21. The van der Waals surface area contributed by atoms with Gasteiger partial charge in [-0.15, -0.1) is 0 Å². The molecule has 0 aliphatic carbocycles. The molecule has 1 aromatic rings. The predicted octanol–water partition coefficient (Wildman–Crippen LogP) is 1.35. The van der Waals surface area contributed by atoms with Crippen molar-refractivity contribution in [1.82, 2.24) is 20.3 Å². The molecule has 1 aliphatic heterocycles. The summed E-state index contributed by atoms with van der Waals surface area (Å²) in [4.78, 5) is 2.47. The minimum absolute atomic E-state index is 0.416. The standard InChI is InChI=1S/C9H16N4/c1-8(9-7-10-12-11-9)13-5-3-2-4-6-13/h7-8H,2-6H2,1H3,(H,10,11,12). The van der Waals surface area contributed by atoms with Crippen LogP contribution >= 0.6 is 0 Å². The van der Waals surface area contributed by atoms with Crippen LogP contribution in [0, 0.1) is 0 Å². The molecule has 0 radical (unpaired) electrons. The molecule has 13 heavy (non-hydrogen) atoms. The van der Waals surface area contributed by atoms with E-state index in [-0.39, 0.29) is 0 Å². The van der Waals surface area contributed by atoms with Crippen LogP contribution in [0.4, 0.5) is 0 Å². The second-order valence-electron chi connectivity index (χ2n) is 3.67. The van der Waals surface area contributed by atoms with E-state index in [0.29, 0.717) is 6.04 Å². The Morgan fingerprint density at radius 2 is 2.15 bits per heavy atom. The zero-order chi connectivity index (χ0) is 9.10. The summed E-state index contributed by atoms with van der Waals surface area (Å²) in [5.41, 5.74) is 1.06. The molecule has 2 heterocycles. The van der Waals surface area contributed by atoms with E-state index in [1.165, 1.54) is 32.4 Å². The van der Waals surface area contributed by atoms with Crippen molar-refractivity contribution in [2.45, 2.75) is 32.2 Å². The highest BCUT2D eigenvalue weighted by molar-refractivity contribution is 4.98. The number of nitrogens with one attached hydrogen (secondary N) is 1. The average molecular weight is 180 g/mol. The lowest BCUT2D eigenvalue weighted by Crippen LogP contribution is -2.32. The first-order chi connectivity index (χ1) is 6.38. The summed E-state index contributed by atoms with van der Waals surface area (Å²) in [6.07, 6.45) is 5.84. The highest BCUT2D eigenvalue weighted by Gasteiger charge is 2.19. The van der Waals surface area contributed by atoms with Gasteiger partial charge in [0.15, 0.2) is 0 Å².